The van der Waals surface area contributed by atoms with E-state index in [-0.39, 0.29) is 5.78 Å². The smallest absolute Gasteiger partial charge is 0.167 e. The molecule has 18 heavy (non-hydrogen) atoms. The molecular formula is C15H21NO2. The Hall–Kier alpha value is -1.35. The molecule has 0 fully saturated rings. The van der Waals surface area contributed by atoms with Crippen LogP contribution >= 0.6 is 0 Å². The van der Waals surface area contributed by atoms with Crippen LogP contribution in [0.4, 0.5) is 0 Å². The monoisotopic (exact) mass is 247 g/mol. The zero-order valence-corrected chi connectivity index (χ0v) is 11.2. The number of benzene rings is 1. The molecule has 0 amide bonds. The summed E-state index contributed by atoms with van der Waals surface area (Å²) in [5, 5.41) is 0. The highest BCUT2D eigenvalue weighted by atomic mass is 16.5. The molecule has 98 valence electrons. The molecule has 0 N–H and O–H groups in total. The fourth-order valence-electron chi connectivity index (χ4n) is 2.37. The van der Waals surface area contributed by atoms with E-state index in [1.165, 1.54) is 5.56 Å². The van der Waals surface area contributed by atoms with Crippen LogP contribution in [0, 0.1) is 0 Å². The van der Waals surface area contributed by atoms with E-state index in [0.29, 0.717) is 13.0 Å². The molecule has 1 aromatic carbocycles. The van der Waals surface area contributed by atoms with Gasteiger partial charge in [-0.3, -0.25) is 4.79 Å². The highest BCUT2D eigenvalue weighted by molar-refractivity contribution is 5.99. The maximum Gasteiger partial charge on any atom is 0.167 e. The highest BCUT2D eigenvalue weighted by Gasteiger charge is 2.20. The number of hydrogen-bond acceptors (Lipinski definition) is 3. The molecule has 3 heteroatoms. The number of ether oxygens (including phenoxy) is 1. The van der Waals surface area contributed by atoms with Crippen molar-refractivity contribution < 1.29 is 9.53 Å². The second-order valence-electron chi connectivity index (χ2n) is 4.59. The summed E-state index contributed by atoms with van der Waals surface area (Å²) in [4.78, 5) is 14.5. The molecule has 3 nitrogen and oxygen atoms in total. The number of carbonyl (C=O) groups excluding carboxylic acids is 1. The number of para-hydroxylation sites is 1. The van der Waals surface area contributed by atoms with E-state index >= 15 is 0 Å². The Morgan fingerprint density at radius 1 is 1.33 bits per heavy atom. The van der Waals surface area contributed by atoms with Gasteiger partial charge in [-0.2, -0.15) is 0 Å². The van der Waals surface area contributed by atoms with Gasteiger partial charge in [0.1, 0.15) is 5.75 Å². The van der Waals surface area contributed by atoms with Crippen LogP contribution in [0.25, 0.3) is 0 Å². The first kappa shape index (κ1) is 13.1. The average Bonchev–Trinajstić information content (AvgIpc) is 2.87. The van der Waals surface area contributed by atoms with Gasteiger partial charge in [0, 0.05) is 19.4 Å². The fraction of sp³-hybridized carbons (Fsp3) is 0.533. The molecule has 0 aliphatic carbocycles. The lowest BCUT2D eigenvalue weighted by Crippen LogP contribution is -2.25. The maximum absolute atomic E-state index is 12.2. The highest BCUT2D eigenvalue weighted by Crippen LogP contribution is 2.30. The van der Waals surface area contributed by atoms with Gasteiger partial charge in [0.15, 0.2) is 5.78 Å². The predicted molar refractivity (Wildman–Crippen MR) is 72.4 cm³/mol. The quantitative estimate of drug-likeness (QED) is 0.723. The molecule has 0 spiro atoms. The van der Waals surface area contributed by atoms with Crippen LogP contribution in [0.15, 0.2) is 18.2 Å². The minimum Gasteiger partial charge on any atom is -0.492 e. The SMILES string of the molecule is CCN(CC)CCC(=O)c1cccc2c1OCC2. The van der Waals surface area contributed by atoms with Crippen molar-refractivity contribution in [2.24, 2.45) is 0 Å². The van der Waals surface area contributed by atoms with Crippen molar-refractivity contribution in [2.45, 2.75) is 26.7 Å². The van der Waals surface area contributed by atoms with Crippen LogP contribution in [0.3, 0.4) is 0 Å². The topological polar surface area (TPSA) is 29.5 Å². The second-order valence-corrected chi connectivity index (χ2v) is 4.59. The molecule has 0 radical (unpaired) electrons. The van der Waals surface area contributed by atoms with Crippen LogP contribution < -0.4 is 4.74 Å². The van der Waals surface area contributed by atoms with E-state index < -0.39 is 0 Å². The number of hydrogen-bond donors (Lipinski definition) is 0. The van der Waals surface area contributed by atoms with Crippen molar-refractivity contribution in [1.29, 1.82) is 0 Å². The van der Waals surface area contributed by atoms with Gasteiger partial charge in [0.05, 0.1) is 12.2 Å². The third kappa shape index (κ3) is 2.72. The molecule has 1 aliphatic heterocycles. The number of fused-ring (bicyclic) bond motifs is 1. The molecule has 0 bridgehead atoms. The van der Waals surface area contributed by atoms with E-state index in [1.807, 2.05) is 18.2 Å². The van der Waals surface area contributed by atoms with Gasteiger partial charge in [-0.05, 0) is 24.7 Å². The largest absolute Gasteiger partial charge is 0.492 e. The third-order valence-corrected chi connectivity index (χ3v) is 3.56. The number of ketones is 1. The molecule has 1 aromatic rings. The van der Waals surface area contributed by atoms with Gasteiger partial charge in [0.2, 0.25) is 0 Å². The van der Waals surface area contributed by atoms with Crippen molar-refractivity contribution in [1.82, 2.24) is 4.90 Å². The average molecular weight is 247 g/mol. The maximum atomic E-state index is 12.2. The number of rotatable bonds is 6. The lowest BCUT2D eigenvalue weighted by Gasteiger charge is -2.17. The number of Topliss-reactive ketones (excluding diaryl/α,β-unsaturated/α-hetero) is 1. The molecule has 0 aromatic heterocycles. The van der Waals surface area contributed by atoms with E-state index in [2.05, 4.69) is 18.7 Å². The first-order chi connectivity index (χ1) is 8.76. The Kier molecular flexibility index (Phi) is 4.37. The lowest BCUT2D eigenvalue weighted by atomic mass is 10.0. The van der Waals surface area contributed by atoms with Crippen LogP contribution in [0.5, 0.6) is 5.75 Å². The van der Waals surface area contributed by atoms with Crippen molar-refractivity contribution in [3.63, 3.8) is 0 Å². The molecule has 1 heterocycles. The Labute approximate surface area is 109 Å². The summed E-state index contributed by atoms with van der Waals surface area (Å²) in [5.74, 6) is 1.02. The zero-order chi connectivity index (χ0) is 13.0. The summed E-state index contributed by atoms with van der Waals surface area (Å²) >= 11 is 0. The summed E-state index contributed by atoms with van der Waals surface area (Å²) in [6.07, 6.45) is 1.49. The van der Waals surface area contributed by atoms with Crippen LogP contribution in [0.2, 0.25) is 0 Å². The first-order valence-corrected chi connectivity index (χ1v) is 6.76. The van der Waals surface area contributed by atoms with Crippen molar-refractivity contribution >= 4 is 5.78 Å². The van der Waals surface area contributed by atoms with Crippen molar-refractivity contribution in [2.75, 3.05) is 26.2 Å². The molecule has 0 unspecified atom stereocenters. The molecule has 2 rings (SSSR count). The van der Waals surface area contributed by atoms with Crippen molar-refractivity contribution in [3.8, 4) is 5.75 Å². The van der Waals surface area contributed by atoms with Crippen LogP contribution in [-0.4, -0.2) is 36.9 Å². The molecule has 0 saturated heterocycles. The summed E-state index contributed by atoms with van der Waals surface area (Å²) < 4.78 is 5.58. The van der Waals surface area contributed by atoms with E-state index in [9.17, 15) is 4.79 Å². The van der Waals surface area contributed by atoms with Crippen molar-refractivity contribution in [3.05, 3.63) is 29.3 Å². The zero-order valence-electron chi connectivity index (χ0n) is 11.2. The van der Waals surface area contributed by atoms with Crippen LogP contribution in [-0.2, 0) is 6.42 Å². The molecule has 0 saturated carbocycles. The fourth-order valence-corrected chi connectivity index (χ4v) is 2.37. The van der Waals surface area contributed by atoms with E-state index in [4.69, 9.17) is 4.74 Å². The normalized spacial score (nSPS) is 13.5. The number of carbonyl (C=O) groups is 1. The Morgan fingerprint density at radius 2 is 2.11 bits per heavy atom. The summed E-state index contributed by atoms with van der Waals surface area (Å²) in [7, 11) is 0. The minimum absolute atomic E-state index is 0.195. The Bertz CT molecular complexity index is 425. The molecule has 0 atom stereocenters. The van der Waals surface area contributed by atoms with E-state index in [1.54, 1.807) is 0 Å². The Morgan fingerprint density at radius 3 is 2.83 bits per heavy atom. The standard InChI is InChI=1S/C15H21NO2/c1-3-16(4-2)10-8-14(17)13-7-5-6-12-9-11-18-15(12)13/h5-7H,3-4,8-11H2,1-2H3. The molecular weight excluding hydrogens is 226 g/mol. The van der Waals surface area contributed by atoms with Gasteiger partial charge in [-0.25, -0.2) is 0 Å². The summed E-state index contributed by atoms with van der Waals surface area (Å²) in [5.41, 5.74) is 1.93. The second kappa shape index (κ2) is 6.01. The van der Waals surface area contributed by atoms with Gasteiger partial charge in [-0.1, -0.05) is 26.0 Å². The van der Waals surface area contributed by atoms with E-state index in [0.717, 1.165) is 37.4 Å². The molecule has 1 aliphatic rings. The van der Waals surface area contributed by atoms with Crippen LogP contribution in [0.1, 0.15) is 36.2 Å². The minimum atomic E-state index is 0.195. The number of nitrogens with zero attached hydrogens (tertiary/aromatic N) is 1. The first-order valence-electron chi connectivity index (χ1n) is 6.76. The lowest BCUT2D eigenvalue weighted by molar-refractivity contribution is 0.0963. The van der Waals surface area contributed by atoms with Gasteiger partial charge in [-0.15, -0.1) is 0 Å². The Balaban J connectivity index is 2.04. The third-order valence-electron chi connectivity index (χ3n) is 3.56. The predicted octanol–water partition coefficient (Wildman–Crippen LogP) is 2.54. The summed E-state index contributed by atoms with van der Waals surface area (Å²) in [6, 6.07) is 5.89. The van der Waals surface area contributed by atoms with Gasteiger partial charge < -0.3 is 9.64 Å². The van der Waals surface area contributed by atoms with Gasteiger partial charge >= 0.3 is 0 Å². The summed E-state index contributed by atoms with van der Waals surface area (Å²) in [6.45, 7) is 7.76. The van der Waals surface area contributed by atoms with Gasteiger partial charge in [0.25, 0.3) is 0 Å².